The Morgan fingerprint density at radius 1 is 1.28 bits per heavy atom. The van der Waals surface area contributed by atoms with Gasteiger partial charge in [0.05, 0.1) is 5.41 Å². The number of carboxylic acid groups (broad SMARTS) is 1. The fourth-order valence-corrected chi connectivity index (χ4v) is 2.85. The van der Waals surface area contributed by atoms with E-state index in [0.29, 0.717) is 12.8 Å². The number of aliphatic carboxylic acids is 1. The molecular weight excluding hydrogens is 235 g/mol. The van der Waals surface area contributed by atoms with Crippen LogP contribution >= 0.6 is 0 Å². The van der Waals surface area contributed by atoms with Crippen molar-refractivity contribution in [3.8, 4) is 5.75 Å². The first-order chi connectivity index (χ1) is 8.47. The number of benzene rings is 1. The molecule has 1 aromatic carbocycles. The molecule has 1 fully saturated rings. The van der Waals surface area contributed by atoms with Crippen molar-refractivity contribution in [3.63, 3.8) is 0 Å². The Morgan fingerprint density at radius 3 is 2.44 bits per heavy atom. The van der Waals surface area contributed by atoms with Crippen LogP contribution in [-0.4, -0.2) is 16.2 Å². The van der Waals surface area contributed by atoms with Gasteiger partial charge < -0.3 is 10.2 Å². The molecule has 0 bridgehead atoms. The molecule has 1 aromatic rings. The second kappa shape index (κ2) is 4.59. The zero-order chi connectivity index (χ0) is 13.3. The highest BCUT2D eigenvalue weighted by atomic mass is 19.1. The average molecular weight is 252 g/mol. The number of phenols is 1. The highest BCUT2D eigenvalue weighted by Gasteiger charge is 2.43. The monoisotopic (exact) mass is 252 g/mol. The van der Waals surface area contributed by atoms with Crippen LogP contribution in [0.2, 0.25) is 0 Å². The highest BCUT2D eigenvalue weighted by molar-refractivity contribution is 5.82. The lowest BCUT2D eigenvalue weighted by atomic mass is 9.69. The predicted molar refractivity (Wildman–Crippen MR) is 65.2 cm³/mol. The maximum absolute atomic E-state index is 14.2. The summed E-state index contributed by atoms with van der Waals surface area (Å²) in [7, 11) is 0. The van der Waals surface area contributed by atoms with Gasteiger partial charge in [0.2, 0.25) is 0 Å². The first kappa shape index (κ1) is 12.9. The summed E-state index contributed by atoms with van der Waals surface area (Å²) in [4.78, 5) is 11.6. The van der Waals surface area contributed by atoms with Gasteiger partial charge in [-0.15, -0.1) is 0 Å². The van der Waals surface area contributed by atoms with Gasteiger partial charge in [-0.2, -0.15) is 0 Å². The number of hydrogen-bond acceptors (Lipinski definition) is 2. The molecule has 3 nitrogen and oxygen atoms in total. The minimum absolute atomic E-state index is 0.0740. The van der Waals surface area contributed by atoms with Crippen LogP contribution in [0.1, 0.15) is 43.2 Å². The Morgan fingerprint density at radius 2 is 1.89 bits per heavy atom. The van der Waals surface area contributed by atoms with E-state index in [4.69, 9.17) is 0 Å². The summed E-state index contributed by atoms with van der Waals surface area (Å²) in [5.41, 5.74) is -0.755. The third-order valence-electron chi connectivity index (χ3n) is 3.87. The molecule has 0 radical (unpaired) electrons. The number of hydrogen-bond donors (Lipinski definition) is 2. The molecule has 98 valence electrons. The van der Waals surface area contributed by atoms with E-state index in [1.54, 1.807) is 0 Å². The highest BCUT2D eigenvalue weighted by Crippen LogP contribution is 2.42. The maximum Gasteiger partial charge on any atom is 0.314 e. The van der Waals surface area contributed by atoms with Crippen LogP contribution in [0.5, 0.6) is 5.75 Å². The van der Waals surface area contributed by atoms with E-state index in [1.165, 1.54) is 19.1 Å². The zero-order valence-corrected chi connectivity index (χ0v) is 10.4. The standard InChI is InChI=1S/C14H17FO3/c1-9-7-10(16)8-11(12(9)15)14(13(17)18)5-3-2-4-6-14/h7-8,16H,2-6H2,1H3,(H,17,18). The van der Waals surface area contributed by atoms with E-state index in [-0.39, 0.29) is 16.9 Å². The summed E-state index contributed by atoms with van der Waals surface area (Å²) in [6.45, 7) is 1.54. The van der Waals surface area contributed by atoms with Crippen molar-refractivity contribution in [2.45, 2.75) is 44.4 Å². The van der Waals surface area contributed by atoms with Gasteiger partial charge in [0.15, 0.2) is 0 Å². The van der Waals surface area contributed by atoms with Crippen LogP contribution in [0.15, 0.2) is 12.1 Å². The summed E-state index contributed by atoms with van der Waals surface area (Å²) in [5, 5.41) is 19.1. The summed E-state index contributed by atoms with van der Waals surface area (Å²) in [5.74, 6) is -1.57. The van der Waals surface area contributed by atoms with E-state index >= 15 is 0 Å². The first-order valence-electron chi connectivity index (χ1n) is 6.20. The lowest BCUT2D eigenvalue weighted by Crippen LogP contribution is -2.38. The van der Waals surface area contributed by atoms with Gasteiger partial charge >= 0.3 is 5.97 Å². The Labute approximate surface area is 105 Å². The molecule has 0 amide bonds. The summed E-state index contributed by atoms with van der Waals surface area (Å²) < 4.78 is 14.2. The van der Waals surface area contributed by atoms with Gasteiger partial charge in [-0.25, -0.2) is 4.39 Å². The molecule has 0 unspecified atom stereocenters. The van der Waals surface area contributed by atoms with E-state index in [9.17, 15) is 19.4 Å². The quantitative estimate of drug-likeness (QED) is 0.850. The van der Waals surface area contributed by atoms with E-state index in [0.717, 1.165) is 19.3 Å². The fourth-order valence-electron chi connectivity index (χ4n) is 2.85. The SMILES string of the molecule is Cc1cc(O)cc(C2(C(=O)O)CCCCC2)c1F. The normalized spacial score (nSPS) is 18.6. The Balaban J connectivity index is 2.59. The van der Waals surface area contributed by atoms with Crippen molar-refractivity contribution < 1.29 is 19.4 Å². The Hall–Kier alpha value is -1.58. The minimum Gasteiger partial charge on any atom is -0.508 e. The van der Waals surface area contributed by atoms with Crippen molar-refractivity contribution in [1.29, 1.82) is 0 Å². The molecule has 0 saturated heterocycles. The fraction of sp³-hybridized carbons (Fsp3) is 0.500. The number of carbonyl (C=O) groups is 1. The lowest BCUT2D eigenvalue weighted by molar-refractivity contribution is -0.145. The maximum atomic E-state index is 14.2. The lowest BCUT2D eigenvalue weighted by Gasteiger charge is -2.34. The van der Waals surface area contributed by atoms with E-state index in [2.05, 4.69) is 0 Å². The van der Waals surface area contributed by atoms with Crippen molar-refractivity contribution in [2.24, 2.45) is 0 Å². The Bertz CT molecular complexity index is 476. The van der Waals surface area contributed by atoms with Crippen molar-refractivity contribution in [1.82, 2.24) is 0 Å². The predicted octanol–water partition coefficient (Wildman–Crippen LogP) is 3.13. The molecule has 0 aromatic heterocycles. The Kier molecular flexibility index (Phi) is 3.28. The first-order valence-corrected chi connectivity index (χ1v) is 6.20. The second-order valence-corrected chi connectivity index (χ2v) is 5.07. The molecular formula is C14H17FO3. The van der Waals surface area contributed by atoms with E-state index < -0.39 is 17.2 Å². The summed E-state index contributed by atoms with van der Waals surface area (Å²) in [6.07, 6.45) is 3.40. The molecule has 0 heterocycles. The van der Waals surface area contributed by atoms with Gasteiger partial charge in [0.1, 0.15) is 11.6 Å². The van der Waals surface area contributed by atoms with Gasteiger partial charge in [-0.1, -0.05) is 19.3 Å². The van der Waals surface area contributed by atoms with Crippen molar-refractivity contribution in [3.05, 3.63) is 29.1 Å². The van der Waals surface area contributed by atoms with Crippen LogP contribution in [0, 0.1) is 12.7 Å². The molecule has 0 atom stereocenters. The molecule has 0 aliphatic heterocycles. The van der Waals surface area contributed by atoms with Gasteiger partial charge in [-0.3, -0.25) is 4.79 Å². The van der Waals surface area contributed by atoms with Crippen LogP contribution in [0.4, 0.5) is 4.39 Å². The third kappa shape index (κ3) is 1.96. The minimum atomic E-state index is -1.17. The van der Waals surface area contributed by atoms with Crippen molar-refractivity contribution >= 4 is 5.97 Å². The third-order valence-corrected chi connectivity index (χ3v) is 3.87. The van der Waals surface area contributed by atoms with Crippen LogP contribution in [0.25, 0.3) is 0 Å². The molecule has 1 aliphatic rings. The number of rotatable bonds is 2. The zero-order valence-electron chi connectivity index (χ0n) is 10.4. The number of carboxylic acids is 1. The second-order valence-electron chi connectivity index (χ2n) is 5.07. The average Bonchev–Trinajstić information content (AvgIpc) is 2.34. The smallest absolute Gasteiger partial charge is 0.314 e. The molecule has 1 saturated carbocycles. The number of halogens is 1. The molecule has 18 heavy (non-hydrogen) atoms. The van der Waals surface area contributed by atoms with Crippen molar-refractivity contribution in [2.75, 3.05) is 0 Å². The van der Waals surface area contributed by atoms with Gasteiger partial charge in [-0.05, 0) is 37.5 Å². The largest absolute Gasteiger partial charge is 0.508 e. The molecule has 1 aliphatic carbocycles. The number of phenolic OH excluding ortho intramolecular Hbond substituents is 1. The summed E-state index contributed by atoms with van der Waals surface area (Å²) >= 11 is 0. The molecule has 2 rings (SSSR count). The van der Waals surface area contributed by atoms with Gasteiger partial charge in [0, 0.05) is 5.56 Å². The molecule has 4 heteroatoms. The van der Waals surface area contributed by atoms with Crippen LogP contribution < -0.4 is 0 Å². The number of aromatic hydroxyl groups is 1. The number of aryl methyl sites for hydroxylation is 1. The van der Waals surface area contributed by atoms with Crippen LogP contribution in [0.3, 0.4) is 0 Å². The van der Waals surface area contributed by atoms with Gasteiger partial charge in [0.25, 0.3) is 0 Å². The molecule has 0 spiro atoms. The van der Waals surface area contributed by atoms with E-state index in [1.807, 2.05) is 0 Å². The van der Waals surface area contributed by atoms with Crippen LogP contribution in [-0.2, 0) is 10.2 Å². The molecule has 2 N–H and O–H groups in total. The topological polar surface area (TPSA) is 57.5 Å². The summed E-state index contributed by atoms with van der Waals surface area (Å²) in [6, 6.07) is 2.58.